The van der Waals surface area contributed by atoms with Gasteiger partial charge >= 0.3 is 0 Å². The lowest BCUT2D eigenvalue weighted by atomic mass is 9.63. The molecule has 0 saturated heterocycles. The third kappa shape index (κ3) is 2.30. The van der Waals surface area contributed by atoms with Crippen LogP contribution in [0.3, 0.4) is 0 Å². The van der Waals surface area contributed by atoms with E-state index in [9.17, 15) is 5.11 Å². The lowest BCUT2D eigenvalue weighted by Crippen LogP contribution is -2.44. The van der Waals surface area contributed by atoms with E-state index in [-0.39, 0.29) is 5.41 Å². The molecule has 1 aliphatic carbocycles. The maximum atomic E-state index is 11.2. The normalized spacial score (nSPS) is 30.5. The van der Waals surface area contributed by atoms with Crippen LogP contribution >= 0.6 is 11.3 Å². The highest BCUT2D eigenvalue weighted by atomic mass is 32.1. The Morgan fingerprint density at radius 1 is 1.35 bits per heavy atom. The van der Waals surface area contributed by atoms with Crippen LogP contribution in [0.4, 0.5) is 0 Å². The molecule has 0 amide bonds. The first-order valence-electron chi connectivity index (χ1n) is 6.62. The zero-order valence-electron chi connectivity index (χ0n) is 11.4. The highest BCUT2D eigenvalue weighted by Gasteiger charge is 2.47. The molecule has 0 spiro atoms. The Labute approximate surface area is 109 Å². The molecule has 96 valence electrons. The minimum atomic E-state index is -0.589. The fourth-order valence-electron chi connectivity index (χ4n) is 3.39. The van der Waals surface area contributed by atoms with Crippen molar-refractivity contribution >= 4 is 11.3 Å². The minimum Gasteiger partial charge on any atom is -0.384 e. The molecular weight excluding hydrogens is 228 g/mol. The van der Waals surface area contributed by atoms with Gasteiger partial charge in [0.1, 0.15) is 5.60 Å². The second kappa shape index (κ2) is 4.40. The first-order chi connectivity index (χ1) is 7.86. The van der Waals surface area contributed by atoms with Gasteiger partial charge in [-0.15, -0.1) is 11.3 Å². The van der Waals surface area contributed by atoms with E-state index in [1.165, 1.54) is 16.9 Å². The molecule has 1 aromatic heterocycles. The van der Waals surface area contributed by atoms with E-state index < -0.39 is 5.60 Å². The third-order valence-electron chi connectivity index (χ3n) is 4.18. The molecule has 1 N–H and O–H groups in total. The van der Waals surface area contributed by atoms with Gasteiger partial charge in [-0.05, 0) is 48.1 Å². The molecular formula is C15H24OS. The van der Waals surface area contributed by atoms with Crippen molar-refractivity contribution in [1.82, 2.24) is 0 Å². The molecule has 1 aliphatic rings. The zero-order valence-corrected chi connectivity index (χ0v) is 12.2. The number of rotatable bonds is 1. The van der Waals surface area contributed by atoms with Crippen LogP contribution in [-0.2, 0) is 5.60 Å². The Kier molecular flexibility index (Phi) is 3.39. The van der Waals surface area contributed by atoms with Crippen molar-refractivity contribution in [3.63, 3.8) is 0 Å². The lowest BCUT2D eigenvalue weighted by molar-refractivity contribution is -0.0936. The van der Waals surface area contributed by atoms with Gasteiger partial charge < -0.3 is 5.11 Å². The SMILES string of the molecule is Cc1ccsc1C1(O)CCCCC1C(C)(C)C. The Morgan fingerprint density at radius 3 is 2.59 bits per heavy atom. The van der Waals surface area contributed by atoms with Crippen LogP contribution in [0.2, 0.25) is 0 Å². The maximum absolute atomic E-state index is 11.2. The van der Waals surface area contributed by atoms with Gasteiger partial charge in [0.25, 0.3) is 0 Å². The number of aryl methyl sites for hydroxylation is 1. The summed E-state index contributed by atoms with van der Waals surface area (Å²) in [4.78, 5) is 1.21. The molecule has 0 aliphatic heterocycles. The number of hydrogen-bond donors (Lipinski definition) is 1. The molecule has 1 fully saturated rings. The van der Waals surface area contributed by atoms with Crippen molar-refractivity contribution in [2.75, 3.05) is 0 Å². The van der Waals surface area contributed by atoms with Crippen LogP contribution < -0.4 is 0 Å². The molecule has 1 heterocycles. The second-order valence-corrected chi connectivity index (χ2v) is 7.44. The smallest absolute Gasteiger partial charge is 0.102 e. The Morgan fingerprint density at radius 2 is 2.06 bits per heavy atom. The van der Waals surface area contributed by atoms with Gasteiger partial charge in [0.15, 0.2) is 0 Å². The van der Waals surface area contributed by atoms with Crippen molar-refractivity contribution in [3.05, 3.63) is 21.9 Å². The number of thiophene rings is 1. The van der Waals surface area contributed by atoms with Gasteiger partial charge in [0, 0.05) is 4.88 Å². The molecule has 17 heavy (non-hydrogen) atoms. The van der Waals surface area contributed by atoms with Crippen LogP contribution in [-0.4, -0.2) is 5.11 Å². The number of hydrogen-bond acceptors (Lipinski definition) is 2. The van der Waals surface area contributed by atoms with Crippen LogP contribution in [0, 0.1) is 18.3 Å². The Hall–Kier alpha value is -0.340. The molecule has 1 aromatic rings. The van der Waals surface area contributed by atoms with Crippen LogP contribution in [0.15, 0.2) is 11.4 Å². The highest BCUT2D eigenvalue weighted by molar-refractivity contribution is 7.10. The van der Waals surface area contributed by atoms with Crippen LogP contribution in [0.25, 0.3) is 0 Å². The zero-order chi connectivity index (χ0) is 12.7. The predicted octanol–water partition coefficient (Wildman–Crippen LogP) is 4.48. The minimum absolute atomic E-state index is 0.172. The van der Waals surface area contributed by atoms with Crippen molar-refractivity contribution in [1.29, 1.82) is 0 Å². The third-order valence-corrected chi connectivity index (χ3v) is 5.36. The van der Waals surface area contributed by atoms with Gasteiger partial charge in [-0.2, -0.15) is 0 Å². The quantitative estimate of drug-likeness (QED) is 0.781. The molecule has 0 aromatic carbocycles. The average molecular weight is 252 g/mol. The lowest BCUT2D eigenvalue weighted by Gasteiger charge is -2.46. The van der Waals surface area contributed by atoms with E-state index in [1.807, 2.05) is 0 Å². The predicted molar refractivity (Wildman–Crippen MR) is 74.4 cm³/mol. The van der Waals surface area contributed by atoms with E-state index in [1.54, 1.807) is 11.3 Å². The molecule has 0 radical (unpaired) electrons. The molecule has 2 rings (SSSR count). The highest BCUT2D eigenvalue weighted by Crippen LogP contribution is 2.51. The number of aliphatic hydroxyl groups is 1. The first kappa shape index (κ1) is 13.1. The van der Waals surface area contributed by atoms with Crippen LogP contribution in [0.5, 0.6) is 0 Å². The second-order valence-electron chi connectivity index (χ2n) is 6.52. The maximum Gasteiger partial charge on any atom is 0.102 e. The van der Waals surface area contributed by atoms with Crippen molar-refractivity contribution in [3.8, 4) is 0 Å². The molecule has 1 saturated carbocycles. The van der Waals surface area contributed by atoms with Gasteiger partial charge in [-0.25, -0.2) is 0 Å². The summed E-state index contributed by atoms with van der Waals surface area (Å²) >= 11 is 1.72. The van der Waals surface area contributed by atoms with Crippen LogP contribution in [0.1, 0.15) is 56.9 Å². The topological polar surface area (TPSA) is 20.2 Å². The van der Waals surface area contributed by atoms with Gasteiger partial charge in [0.05, 0.1) is 0 Å². The summed E-state index contributed by atoms with van der Waals surface area (Å²) in [6.07, 6.45) is 4.49. The molecule has 1 nitrogen and oxygen atoms in total. The van der Waals surface area contributed by atoms with Crippen molar-refractivity contribution in [2.24, 2.45) is 11.3 Å². The van der Waals surface area contributed by atoms with E-state index in [0.29, 0.717) is 5.92 Å². The summed E-state index contributed by atoms with van der Waals surface area (Å²) in [6, 6.07) is 2.13. The standard InChI is InChI=1S/C15H24OS/c1-11-8-10-17-13(11)15(16)9-6-5-7-12(15)14(2,3)4/h8,10,12,16H,5-7,9H2,1-4H3. The molecule has 2 atom stereocenters. The van der Waals surface area contributed by atoms with Crippen molar-refractivity contribution < 1.29 is 5.11 Å². The van der Waals surface area contributed by atoms with E-state index in [4.69, 9.17) is 0 Å². The van der Waals surface area contributed by atoms with Gasteiger partial charge in [-0.3, -0.25) is 0 Å². The van der Waals surface area contributed by atoms with Gasteiger partial charge in [0.2, 0.25) is 0 Å². The van der Waals surface area contributed by atoms with Gasteiger partial charge in [-0.1, -0.05) is 33.6 Å². The van der Waals surface area contributed by atoms with E-state index >= 15 is 0 Å². The largest absolute Gasteiger partial charge is 0.384 e. The Balaban J connectivity index is 2.42. The van der Waals surface area contributed by atoms with Crippen molar-refractivity contribution in [2.45, 2.75) is 59.0 Å². The first-order valence-corrected chi connectivity index (χ1v) is 7.50. The monoisotopic (exact) mass is 252 g/mol. The molecule has 2 heteroatoms. The summed E-state index contributed by atoms with van der Waals surface area (Å²) in [5.41, 5.74) is 0.842. The summed E-state index contributed by atoms with van der Waals surface area (Å²) in [6.45, 7) is 8.91. The summed E-state index contributed by atoms with van der Waals surface area (Å²) in [7, 11) is 0. The average Bonchev–Trinajstić information content (AvgIpc) is 2.64. The Bertz CT molecular complexity index is 388. The molecule has 2 unspecified atom stereocenters. The van der Waals surface area contributed by atoms with E-state index in [2.05, 4.69) is 39.1 Å². The van der Waals surface area contributed by atoms with E-state index in [0.717, 1.165) is 19.3 Å². The summed E-state index contributed by atoms with van der Waals surface area (Å²) in [5.74, 6) is 0.376. The summed E-state index contributed by atoms with van der Waals surface area (Å²) in [5, 5.41) is 13.3. The molecule has 0 bridgehead atoms. The fraction of sp³-hybridized carbons (Fsp3) is 0.733. The fourth-order valence-corrected chi connectivity index (χ4v) is 4.50. The summed E-state index contributed by atoms with van der Waals surface area (Å²) < 4.78 is 0.